The zero-order valence-corrected chi connectivity index (χ0v) is 20.4. The molecule has 3 heterocycles. The number of halogens is 1. The number of carbonyl (C=O) groups excluding carboxylic acids is 3. The maximum absolute atomic E-state index is 13.7. The van der Waals surface area contributed by atoms with Crippen LogP contribution in [0.3, 0.4) is 0 Å². The van der Waals surface area contributed by atoms with Crippen LogP contribution in [0.25, 0.3) is 0 Å². The number of rotatable bonds is 10. The fourth-order valence-electron chi connectivity index (χ4n) is 5.54. The number of esters is 1. The minimum absolute atomic E-state index is 0.0717. The van der Waals surface area contributed by atoms with E-state index in [2.05, 4.69) is 28.2 Å². The summed E-state index contributed by atoms with van der Waals surface area (Å²) in [7, 11) is 0. The third-order valence-corrected chi connectivity index (χ3v) is 7.77. The van der Waals surface area contributed by atoms with Crippen LogP contribution in [0.15, 0.2) is 0 Å². The highest BCUT2D eigenvalue weighted by atomic mass is 79.9. The summed E-state index contributed by atoms with van der Waals surface area (Å²) in [5.74, 6) is -2.68. The van der Waals surface area contributed by atoms with Crippen LogP contribution in [0, 0.1) is 17.8 Å². The second-order valence-electron chi connectivity index (χ2n) is 9.15. The van der Waals surface area contributed by atoms with Crippen LogP contribution in [0.2, 0.25) is 0 Å². The van der Waals surface area contributed by atoms with Crippen molar-refractivity contribution < 1.29 is 29.0 Å². The molecule has 0 aromatic heterocycles. The van der Waals surface area contributed by atoms with Crippen LogP contribution in [0.4, 0.5) is 0 Å². The molecule has 31 heavy (non-hydrogen) atoms. The summed E-state index contributed by atoms with van der Waals surface area (Å²) >= 11 is 3.62. The van der Waals surface area contributed by atoms with Crippen molar-refractivity contribution in [3.63, 3.8) is 0 Å². The number of alkyl halides is 1. The monoisotopic (exact) mass is 502 g/mol. The first-order valence-electron chi connectivity index (χ1n) is 11.4. The summed E-state index contributed by atoms with van der Waals surface area (Å²) in [6, 6.07) is -1.44. The Bertz CT molecular complexity index is 703. The molecule has 0 aliphatic carbocycles. The molecule has 3 fully saturated rings. The topological polar surface area (TPSA) is 105 Å². The molecule has 176 valence electrons. The van der Waals surface area contributed by atoms with Crippen LogP contribution in [0.1, 0.15) is 53.4 Å². The van der Waals surface area contributed by atoms with Crippen molar-refractivity contribution in [2.45, 2.75) is 82.0 Å². The molecule has 1 unspecified atom stereocenters. The Morgan fingerprint density at radius 1 is 1.35 bits per heavy atom. The summed E-state index contributed by atoms with van der Waals surface area (Å²) in [6.07, 6.45) is 2.82. The Kier molecular flexibility index (Phi) is 7.69. The van der Waals surface area contributed by atoms with Crippen molar-refractivity contribution in [2.75, 3.05) is 19.8 Å². The van der Waals surface area contributed by atoms with Crippen LogP contribution in [0.5, 0.6) is 0 Å². The first kappa shape index (κ1) is 24.5. The lowest BCUT2D eigenvalue weighted by Gasteiger charge is -2.38. The third kappa shape index (κ3) is 4.02. The van der Waals surface area contributed by atoms with Gasteiger partial charge >= 0.3 is 5.97 Å². The van der Waals surface area contributed by atoms with E-state index in [0.717, 1.165) is 19.3 Å². The van der Waals surface area contributed by atoms with Gasteiger partial charge in [0.25, 0.3) is 0 Å². The van der Waals surface area contributed by atoms with Crippen molar-refractivity contribution in [3.8, 4) is 0 Å². The lowest BCUT2D eigenvalue weighted by Crippen LogP contribution is -2.59. The quantitative estimate of drug-likeness (QED) is 0.267. The standard InChI is InChI=1S/C22H35BrN2O6/c1-5-7-8-9-24-19(27)18-22-10-13(23)17(31-22)15(21(29)30-6-2)16(22)20(28)25(18)14(11-26)12(3)4/h12-18,26H,5-11H2,1-4H3,(H,24,27)/t13?,14-,15-,16+,17-,18-,22+/m0/s1. The molecule has 3 rings (SSSR count). The Balaban J connectivity index is 2.00. The molecule has 0 aromatic rings. The molecule has 0 saturated carbocycles. The predicted molar refractivity (Wildman–Crippen MR) is 117 cm³/mol. The highest BCUT2D eigenvalue weighted by Crippen LogP contribution is 2.60. The molecule has 3 aliphatic rings. The van der Waals surface area contributed by atoms with Gasteiger partial charge in [-0.1, -0.05) is 49.5 Å². The summed E-state index contributed by atoms with van der Waals surface area (Å²) < 4.78 is 11.6. The summed E-state index contributed by atoms with van der Waals surface area (Å²) in [5.41, 5.74) is -1.11. The van der Waals surface area contributed by atoms with Gasteiger partial charge in [0, 0.05) is 11.4 Å². The van der Waals surface area contributed by atoms with Gasteiger partial charge in [-0.05, 0) is 25.7 Å². The average molecular weight is 503 g/mol. The first-order valence-corrected chi connectivity index (χ1v) is 12.4. The number of unbranched alkanes of at least 4 members (excludes halogenated alkanes) is 2. The number of nitrogens with zero attached hydrogens (tertiary/aromatic N) is 1. The molecule has 0 aromatic carbocycles. The van der Waals surface area contributed by atoms with E-state index in [-0.39, 0.29) is 35.8 Å². The molecule has 7 atom stereocenters. The van der Waals surface area contributed by atoms with E-state index in [0.29, 0.717) is 13.0 Å². The van der Waals surface area contributed by atoms with Crippen molar-refractivity contribution in [1.82, 2.24) is 10.2 Å². The van der Waals surface area contributed by atoms with E-state index in [9.17, 15) is 19.5 Å². The van der Waals surface area contributed by atoms with Gasteiger partial charge in [0.05, 0.1) is 37.2 Å². The maximum Gasteiger partial charge on any atom is 0.312 e. The maximum atomic E-state index is 13.7. The van der Waals surface area contributed by atoms with Crippen molar-refractivity contribution in [2.24, 2.45) is 17.8 Å². The zero-order valence-electron chi connectivity index (χ0n) is 18.8. The number of aliphatic hydroxyl groups excluding tert-OH is 1. The lowest BCUT2D eigenvalue weighted by atomic mass is 9.70. The molecule has 2 N–H and O–H groups in total. The van der Waals surface area contributed by atoms with Crippen molar-refractivity contribution in [1.29, 1.82) is 0 Å². The second-order valence-corrected chi connectivity index (χ2v) is 10.3. The Hall–Kier alpha value is -1.19. The highest BCUT2D eigenvalue weighted by molar-refractivity contribution is 9.09. The number of hydrogen-bond donors (Lipinski definition) is 2. The fourth-order valence-corrected chi connectivity index (χ4v) is 6.48. The molecule has 0 radical (unpaired) electrons. The molecule has 8 nitrogen and oxygen atoms in total. The molecule has 3 saturated heterocycles. The minimum atomic E-state index is -1.11. The lowest BCUT2D eigenvalue weighted by molar-refractivity contribution is -0.155. The fraction of sp³-hybridized carbons (Fsp3) is 0.864. The Labute approximate surface area is 192 Å². The zero-order chi connectivity index (χ0) is 22.9. The molecule has 2 amide bonds. The van der Waals surface area contributed by atoms with E-state index in [1.165, 1.54) is 4.90 Å². The average Bonchev–Trinajstić information content (AvgIpc) is 3.30. The smallest absolute Gasteiger partial charge is 0.312 e. The molecule has 3 aliphatic heterocycles. The van der Waals surface area contributed by atoms with Gasteiger partial charge < -0.3 is 24.8 Å². The van der Waals surface area contributed by atoms with Crippen LogP contribution in [-0.4, -0.2) is 76.2 Å². The van der Waals surface area contributed by atoms with Gasteiger partial charge in [-0.25, -0.2) is 0 Å². The number of fused-ring (bicyclic) bond motifs is 1. The van der Waals surface area contributed by atoms with E-state index in [4.69, 9.17) is 9.47 Å². The SMILES string of the molecule is CCCCCNC(=O)[C@@H]1N([C@@H](CO)C(C)C)C(=O)[C@H]2[C@H](C(=O)OCC)[C@H]3O[C@@]12CC3Br. The number of hydrogen-bond acceptors (Lipinski definition) is 6. The van der Waals surface area contributed by atoms with Crippen LogP contribution >= 0.6 is 15.9 Å². The van der Waals surface area contributed by atoms with Crippen LogP contribution in [-0.2, 0) is 23.9 Å². The number of nitrogens with one attached hydrogen (secondary N) is 1. The van der Waals surface area contributed by atoms with Gasteiger partial charge in [-0.3, -0.25) is 14.4 Å². The summed E-state index contributed by atoms with van der Waals surface area (Å²) in [5, 5.41) is 13.1. The molecular weight excluding hydrogens is 468 g/mol. The Morgan fingerprint density at radius 3 is 2.65 bits per heavy atom. The van der Waals surface area contributed by atoms with Gasteiger partial charge in [-0.2, -0.15) is 0 Å². The van der Waals surface area contributed by atoms with Crippen molar-refractivity contribution >= 4 is 33.7 Å². The number of aliphatic hydroxyl groups is 1. The highest BCUT2D eigenvalue weighted by Gasteiger charge is 2.77. The van der Waals surface area contributed by atoms with E-state index >= 15 is 0 Å². The van der Waals surface area contributed by atoms with E-state index in [1.54, 1.807) is 6.92 Å². The number of carbonyl (C=O) groups is 3. The summed E-state index contributed by atoms with van der Waals surface area (Å²) in [4.78, 5) is 41.3. The normalized spacial score (nSPS) is 34.9. The van der Waals surface area contributed by atoms with Crippen molar-refractivity contribution in [3.05, 3.63) is 0 Å². The van der Waals surface area contributed by atoms with E-state index < -0.39 is 41.6 Å². The van der Waals surface area contributed by atoms with Gasteiger partial charge in [0.2, 0.25) is 11.8 Å². The third-order valence-electron chi connectivity index (χ3n) is 6.93. The molecule has 1 spiro atoms. The second kappa shape index (κ2) is 9.75. The van der Waals surface area contributed by atoms with Gasteiger partial charge in [0.1, 0.15) is 11.6 Å². The molecule has 9 heteroatoms. The number of amides is 2. The van der Waals surface area contributed by atoms with E-state index in [1.807, 2.05) is 13.8 Å². The van der Waals surface area contributed by atoms with Gasteiger partial charge in [0.15, 0.2) is 0 Å². The summed E-state index contributed by atoms with van der Waals surface area (Å²) in [6.45, 7) is 8.09. The molecule has 2 bridgehead atoms. The predicted octanol–water partition coefficient (Wildman–Crippen LogP) is 1.62. The molecular formula is C22H35BrN2O6. The van der Waals surface area contributed by atoms with Crippen LogP contribution < -0.4 is 5.32 Å². The largest absolute Gasteiger partial charge is 0.466 e. The Morgan fingerprint density at radius 2 is 2.06 bits per heavy atom. The van der Waals surface area contributed by atoms with Gasteiger partial charge in [-0.15, -0.1) is 0 Å². The number of likely N-dealkylation sites (tertiary alicyclic amines) is 1. The minimum Gasteiger partial charge on any atom is -0.466 e. The number of ether oxygens (including phenoxy) is 2. The first-order chi connectivity index (χ1) is 14.7.